The van der Waals surface area contributed by atoms with Crippen LogP contribution in [0.3, 0.4) is 0 Å². The SMILES string of the molecule is Cc1cc(Cl)c(C=S)c(Cl)n1. The third-order valence-electron chi connectivity index (χ3n) is 1.21. The van der Waals surface area contributed by atoms with Gasteiger partial charge in [-0.2, -0.15) is 0 Å². The number of rotatable bonds is 1. The smallest absolute Gasteiger partial charge is 0.138 e. The molecule has 1 nitrogen and oxygen atoms in total. The van der Waals surface area contributed by atoms with Gasteiger partial charge in [0.05, 0.1) is 5.02 Å². The molecular weight excluding hydrogens is 201 g/mol. The van der Waals surface area contributed by atoms with Crippen molar-refractivity contribution in [3.8, 4) is 0 Å². The zero-order valence-corrected chi connectivity index (χ0v) is 8.09. The van der Waals surface area contributed by atoms with Gasteiger partial charge in [-0.25, -0.2) is 4.98 Å². The maximum atomic E-state index is 5.81. The van der Waals surface area contributed by atoms with Gasteiger partial charge < -0.3 is 0 Å². The molecule has 0 bridgehead atoms. The molecule has 0 unspecified atom stereocenters. The Labute approximate surface area is 80.3 Å². The topological polar surface area (TPSA) is 12.9 Å². The Kier molecular flexibility index (Phi) is 2.82. The molecule has 1 heterocycles. The van der Waals surface area contributed by atoms with Gasteiger partial charge in [-0.1, -0.05) is 35.4 Å². The van der Waals surface area contributed by atoms with E-state index in [0.29, 0.717) is 15.7 Å². The highest BCUT2D eigenvalue weighted by atomic mass is 35.5. The van der Waals surface area contributed by atoms with Crippen molar-refractivity contribution in [1.29, 1.82) is 0 Å². The van der Waals surface area contributed by atoms with Crippen LogP contribution < -0.4 is 0 Å². The number of nitrogens with zero attached hydrogens (tertiary/aromatic N) is 1. The first-order chi connectivity index (χ1) is 5.15. The van der Waals surface area contributed by atoms with Crippen LogP contribution in [0.2, 0.25) is 10.2 Å². The molecule has 0 N–H and O–H groups in total. The number of hydrogen-bond donors (Lipinski definition) is 0. The lowest BCUT2D eigenvalue weighted by Crippen LogP contribution is -1.89. The second-order valence-corrected chi connectivity index (χ2v) is 3.07. The van der Waals surface area contributed by atoms with Crippen molar-refractivity contribution in [3.05, 3.63) is 27.5 Å². The second-order valence-electron chi connectivity index (χ2n) is 2.07. The molecule has 58 valence electrons. The normalized spacial score (nSPS) is 9.73. The van der Waals surface area contributed by atoms with E-state index in [1.807, 2.05) is 6.92 Å². The van der Waals surface area contributed by atoms with E-state index in [2.05, 4.69) is 4.98 Å². The Morgan fingerprint density at radius 3 is 2.64 bits per heavy atom. The third kappa shape index (κ3) is 1.89. The molecule has 0 aliphatic carbocycles. The van der Waals surface area contributed by atoms with Crippen molar-refractivity contribution in [2.45, 2.75) is 6.92 Å². The predicted octanol–water partition coefficient (Wildman–Crippen LogP) is 3.04. The Morgan fingerprint density at radius 2 is 2.18 bits per heavy atom. The number of pyridine rings is 1. The maximum Gasteiger partial charge on any atom is 0.138 e. The summed E-state index contributed by atoms with van der Waals surface area (Å²) in [4.78, 5) is 3.99. The van der Waals surface area contributed by atoms with E-state index in [0.717, 1.165) is 5.69 Å². The van der Waals surface area contributed by atoms with Crippen molar-refractivity contribution >= 4 is 40.8 Å². The summed E-state index contributed by atoms with van der Waals surface area (Å²) < 4.78 is 0. The van der Waals surface area contributed by atoms with Crippen molar-refractivity contribution < 1.29 is 0 Å². The van der Waals surface area contributed by atoms with Crippen LogP contribution >= 0.6 is 35.4 Å². The van der Waals surface area contributed by atoms with E-state index in [1.54, 1.807) is 6.07 Å². The molecular formula is C7H5Cl2NS. The van der Waals surface area contributed by atoms with E-state index in [4.69, 9.17) is 35.4 Å². The minimum Gasteiger partial charge on any atom is -0.241 e. The highest BCUT2D eigenvalue weighted by Crippen LogP contribution is 2.21. The first-order valence-corrected chi connectivity index (χ1v) is 4.15. The molecule has 0 atom stereocenters. The van der Waals surface area contributed by atoms with Gasteiger partial charge in [0.15, 0.2) is 0 Å². The summed E-state index contributed by atoms with van der Waals surface area (Å²) in [5.74, 6) is 0. The third-order valence-corrected chi connectivity index (χ3v) is 2.04. The number of halogens is 2. The van der Waals surface area contributed by atoms with Gasteiger partial charge in [0, 0.05) is 16.6 Å². The Hall–Kier alpha value is -0.180. The van der Waals surface area contributed by atoms with Gasteiger partial charge >= 0.3 is 0 Å². The van der Waals surface area contributed by atoms with Crippen LogP contribution in [0, 0.1) is 6.92 Å². The first-order valence-electron chi connectivity index (χ1n) is 2.93. The number of aromatic nitrogens is 1. The van der Waals surface area contributed by atoms with Crippen LogP contribution in [-0.2, 0) is 0 Å². The van der Waals surface area contributed by atoms with E-state index < -0.39 is 0 Å². The zero-order chi connectivity index (χ0) is 8.43. The molecule has 0 fully saturated rings. The van der Waals surface area contributed by atoms with Crippen molar-refractivity contribution in [1.82, 2.24) is 4.98 Å². The summed E-state index contributed by atoms with van der Waals surface area (Å²) in [7, 11) is 0. The van der Waals surface area contributed by atoms with Crippen molar-refractivity contribution in [3.63, 3.8) is 0 Å². The molecule has 0 saturated carbocycles. The Morgan fingerprint density at radius 1 is 1.55 bits per heavy atom. The Bertz CT molecular complexity index is 275. The highest BCUT2D eigenvalue weighted by Gasteiger charge is 2.04. The Balaban J connectivity index is 3.36. The van der Waals surface area contributed by atoms with E-state index >= 15 is 0 Å². The summed E-state index contributed by atoms with van der Waals surface area (Å²) in [6.45, 7) is 1.82. The molecule has 4 heteroatoms. The van der Waals surface area contributed by atoms with Crippen LogP contribution in [0.25, 0.3) is 0 Å². The van der Waals surface area contributed by atoms with Gasteiger partial charge in [0.2, 0.25) is 0 Å². The zero-order valence-electron chi connectivity index (χ0n) is 5.77. The molecule has 0 aliphatic heterocycles. The minimum absolute atomic E-state index is 0.366. The van der Waals surface area contributed by atoms with E-state index in [9.17, 15) is 0 Å². The predicted molar refractivity (Wildman–Crippen MR) is 51.8 cm³/mol. The molecule has 1 aromatic heterocycles. The number of aryl methyl sites for hydroxylation is 1. The summed E-state index contributed by atoms with van der Waals surface area (Å²) in [6, 6.07) is 1.73. The van der Waals surface area contributed by atoms with Gasteiger partial charge in [0.1, 0.15) is 5.15 Å². The molecule has 0 amide bonds. The lowest BCUT2D eigenvalue weighted by atomic mass is 10.3. The average Bonchev–Trinajstić information content (AvgIpc) is 1.85. The molecule has 0 aliphatic rings. The lowest BCUT2D eigenvalue weighted by molar-refractivity contribution is 1.20. The maximum absolute atomic E-state index is 5.81. The van der Waals surface area contributed by atoms with Crippen LogP contribution in [0.5, 0.6) is 0 Å². The monoisotopic (exact) mass is 205 g/mol. The van der Waals surface area contributed by atoms with Gasteiger partial charge in [0.25, 0.3) is 0 Å². The largest absolute Gasteiger partial charge is 0.241 e. The fraction of sp³-hybridized carbons (Fsp3) is 0.143. The molecule has 0 radical (unpaired) electrons. The standard InChI is InChI=1S/C7H5Cl2NS/c1-4-2-6(8)5(3-11)7(9)10-4/h2-3H,1H3. The first kappa shape index (κ1) is 8.91. The van der Waals surface area contributed by atoms with Crippen LogP contribution in [-0.4, -0.2) is 10.4 Å². The van der Waals surface area contributed by atoms with Crippen LogP contribution in [0.4, 0.5) is 0 Å². The molecule has 0 spiro atoms. The number of hydrogen-bond acceptors (Lipinski definition) is 2. The molecule has 0 saturated heterocycles. The van der Waals surface area contributed by atoms with Crippen LogP contribution in [0.1, 0.15) is 11.3 Å². The molecule has 0 aromatic carbocycles. The summed E-state index contributed by atoms with van der Waals surface area (Å²) in [6.07, 6.45) is 0. The molecule has 1 aromatic rings. The average molecular weight is 206 g/mol. The van der Waals surface area contributed by atoms with E-state index in [1.165, 1.54) is 5.37 Å². The summed E-state index contributed by atoms with van der Waals surface area (Å²) in [5.41, 5.74) is 1.41. The fourth-order valence-electron chi connectivity index (χ4n) is 0.712. The second kappa shape index (κ2) is 3.48. The fourth-order valence-corrected chi connectivity index (χ4v) is 1.72. The van der Waals surface area contributed by atoms with Gasteiger partial charge in [-0.15, -0.1) is 0 Å². The molecule has 1 rings (SSSR count). The van der Waals surface area contributed by atoms with Crippen LogP contribution in [0.15, 0.2) is 6.07 Å². The summed E-state index contributed by atoms with van der Waals surface area (Å²) in [5, 5.41) is 2.35. The lowest BCUT2D eigenvalue weighted by Gasteiger charge is -2.00. The quantitative estimate of drug-likeness (QED) is 0.517. The van der Waals surface area contributed by atoms with Gasteiger partial charge in [-0.05, 0) is 13.0 Å². The van der Waals surface area contributed by atoms with Crippen molar-refractivity contribution in [2.75, 3.05) is 0 Å². The van der Waals surface area contributed by atoms with Crippen molar-refractivity contribution in [2.24, 2.45) is 0 Å². The highest BCUT2D eigenvalue weighted by molar-refractivity contribution is 7.79. The molecule has 11 heavy (non-hydrogen) atoms. The van der Waals surface area contributed by atoms with E-state index in [-0.39, 0.29) is 0 Å². The summed E-state index contributed by atoms with van der Waals surface area (Å²) >= 11 is 16.3. The minimum atomic E-state index is 0.366. The van der Waals surface area contributed by atoms with Gasteiger partial charge in [-0.3, -0.25) is 0 Å². The number of thiocarbonyl (C=S) groups is 1.